The van der Waals surface area contributed by atoms with E-state index in [1.807, 2.05) is 54.6 Å². The van der Waals surface area contributed by atoms with Crippen LogP contribution in [0.2, 0.25) is 0 Å². The molecule has 0 fully saturated rings. The summed E-state index contributed by atoms with van der Waals surface area (Å²) in [7, 11) is 0. The molecule has 0 aliphatic heterocycles. The van der Waals surface area contributed by atoms with Gasteiger partial charge in [-0.25, -0.2) is 4.98 Å². The van der Waals surface area contributed by atoms with Crippen LogP contribution >= 0.6 is 0 Å². The highest BCUT2D eigenvalue weighted by atomic mass is 16.4. The summed E-state index contributed by atoms with van der Waals surface area (Å²) in [6.45, 7) is 0.765. The van der Waals surface area contributed by atoms with E-state index >= 15 is 0 Å². The molecular formula is C22H20N2O4. The molecule has 4 rings (SSSR count). The third-order valence-electron chi connectivity index (χ3n) is 4.37. The highest BCUT2D eigenvalue weighted by molar-refractivity contribution is 5.76. The summed E-state index contributed by atoms with van der Waals surface area (Å²) >= 11 is 0. The first-order valence-electron chi connectivity index (χ1n) is 9.10. The van der Waals surface area contributed by atoms with Crippen LogP contribution in [-0.4, -0.2) is 15.8 Å². The van der Waals surface area contributed by atoms with Crippen molar-refractivity contribution in [1.82, 2.24) is 9.88 Å². The molecule has 6 heteroatoms. The topological polar surface area (TPSA) is 72.6 Å². The van der Waals surface area contributed by atoms with Crippen LogP contribution in [0.4, 0.5) is 0 Å². The van der Waals surface area contributed by atoms with E-state index in [0.29, 0.717) is 31.2 Å². The normalized spacial score (nSPS) is 10.9. The third-order valence-corrected chi connectivity index (χ3v) is 4.37. The fourth-order valence-electron chi connectivity index (χ4n) is 2.95. The van der Waals surface area contributed by atoms with Crippen LogP contribution in [0.3, 0.4) is 0 Å². The molecule has 0 aliphatic rings. The maximum Gasteiger partial charge on any atom is 0.223 e. The molecule has 0 bridgehead atoms. The zero-order valence-corrected chi connectivity index (χ0v) is 15.3. The van der Waals surface area contributed by atoms with Crippen molar-refractivity contribution in [3.8, 4) is 11.3 Å². The van der Waals surface area contributed by atoms with E-state index in [1.165, 1.54) is 0 Å². The minimum Gasteiger partial charge on any atom is -0.467 e. The Hall–Kier alpha value is -3.54. The van der Waals surface area contributed by atoms with E-state index < -0.39 is 0 Å². The van der Waals surface area contributed by atoms with Gasteiger partial charge in [-0.2, -0.15) is 0 Å². The quantitative estimate of drug-likeness (QED) is 0.446. The Balaban J connectivity index is 1.40. The standard InChI is InChI=1S/C22H20N2O4/c25-22(11-10-21-23-14-20(28-21)17-6-2-1-3-7-17)24(15-18-8-4-12-26-18)16-19-9-5-13-27-19/h1-9,12-14H,10-11,15-16H2. The van der Waals surface area contributed by atoms with E-state index in [9.17, 15) is 4.79 Å². The predicted octanol–water partition coefficient (Wildman–Crippen LogP) is 4.69. The monoisotopic (exact) mass is 376 g/mol. The second kappa shape index (κ2) is 8.43. The number of hydrogen-bond acceptors (Lipinski definition) is 5. The van der Waals surface area contributed by atoms with E-state index in [4.69, 9.17) is 13.3 Å². The molecule has 6 nitrogen and oxygen atoms in total. The van der Waals surface area contributed by atoms with Gasteiger partial charge in [-0.15, -0.1) is 0 Å². The maximum absolute atomic E-state index is 12.8. The number of carbonyl (C=O) groups is 1. The number of aromatic nitrogens is 1. The van der Waals surface area contributed by atoms with E-state index in [-0.39, 0.29) is 12.3 Å². The van der Waals surface area contributed by atoms with Gasteiger partial charge < -0.3 is 18.2 Å². The number of benzene rings is 1. The van der Waals surface area contributed by atoms with Crippen LogP contribution in [0.5, 0.6) is 0 Å². The number of carbonyl (C=O) groups excluding carboxylic acids is 1. The van der Waals surface area contributed by atoms with Gasteiger partial charge in [-0.1, -0.05) is 30.3 Å². The number of hydrogen-bond donors (Lipinski definition) is 0. The Morgan fingerprint density at radius 3 is 2.18 bits per heavy atom. The fourth-order valence-corrected chi connectivity index (χ4v) is 2.95. The van der Waals surface area contributed by atoms with E-state index in [2.05, 4.69) is 4.98 Å². The first-order valence-corrected chi connectivity index (χ1v) is 9.10. The summed E-state index contributed by atoms with van der Waals surface area (Å²) in [6.07, 6.45) is 5.61. The Kier molecular flexibility index (Phi) is 5.38. The van der Waals surface area contributed by atoms with Crippen LogP contribution in [0.25, 0.3) is 11.3 Å². The Morgan fingerprint density at radius 1 is 0.893 bits per heavy atom. The molecule has 0 N–H and O–H groups in total. The lowest BCUT2D eigenvalue weighted by Crippen LogP contribution is -2.30. The Bertz CT molecular complexity index is 952. The second-order valence-corrected chi connectivity index (χ2v) is 6.39. The minimum absolute atomic E-state index is 0.0211. The molecule has 0 atom stereocenters. The number of aryl methyl sites for hydroxylation is 1. The molecule has 28 heavy (non-hydrogen) atoms. The number of furan rings is 2. The van der Waals surface area contributed by atoms with Gasteiger partial charge in [0, 0.05) is 18.4 Å². The molecule has 0 saturated carbocycles. The maximum atomic E-state index is 12.8. The molecule has 0 aliphatic carbocycles. The predicted molar refractivity (Wildman–Crippen MR) is 102 cm³/mol. The number of rotatable bonds is 8. The second-order valence-electron chi connectivity index (χ2n) is 6.39. The lowest BCUT2D eigenvalue weighted by Gasteiger charge is -2.20. The molecule has 0 unspecified atom stereocenters. The van der Waals surface area contributed by atoms with E-state index in [0.717, 1.165) is 17.1 Å². The SMILES string of the molecule is O=C(CCc1ncc(-c2ccccc2)o1)N(Cc1ccco1)Cc1ccco1. The van der Waals surface area contributed by atoms with Crippen LogP contribution in [-0.2, 0) is 24.3 Å². The van der Waals surface area contributed by atoms with Gasteiger partial charge >= 0.3 is 0 Å². The molecule has 4 aromatic rings. The molecular weight excluding hydrogens is 356 g/mol. The third kappa shape index (κ3) is 4.40. The van der Waals surface area contributed by atoms with Crippen molar-refractivity contribution in [3.63, 3.8) is 0 Å². The molecule has 0 radical (unpaired) electrons. The van der Waals surface area contributed by atoms with Gasteiger partial charge in [-0.05, 0) is 24.3 Å². The molecule has 142 valence electrons. The largest absolute Gasteiger partial charge is 0.467 e. The molecule has 3 aromatic heterocycles. The number of oxazole rings is 1. The smallest absolute Gasteiger partial charge is 0.223 e. The molecule has 3 heterocycles. The average molecular weight is 376 g/mol. The van der Waals surface area contributed by atoms with Gasteiger partial charge in [-0.3, -0.25) is 4.79 Å². The van der Waals surface area contributed by atoms with Crippen molar-refractivity contribution in [1.29, 1.82) is 0 Å². The highest BCUT2D eigenvalue weighted by Crippen LogP contribution is 2.21. The van der Waals surface area contributed by atoms with Gasteiger partial charge in [0.2, 0.25) is 5.91 Å². The van der Waals surface area contributed by atoms with Crippen LogP contribution < -0.4 is 0 Å². The number of nitrogens with zero attached hydrogens (tertiary/aromatic N) is 2. The lowest BCUT2D eigenvalue weighted by molar-refractivity contribution is -0.133. The van der Waals surface area contributed by atoms with Crippen LogP contribution in [0.15, 0.2) is 86.6 Å². The first kappa shape index (κ1) is 17.9. The minimum atomic E-state index is -0.0211. The van der Waals surface area contributed by atoms with Crippen LogP contribution in [0.1, 0.15) is 23.8 Å². The average Bonchev–Trinajstić information content (AvgIpc) is 3.49. The van der Waals surface area contributed by atoms with Crippen molar-refractivity contribution in [2.75, 3.05) is 0 Å². The Morgan fingerprint density at radius 2 is 1.57 bits per heavy atom. The van der Waals surface area contributed by atoms with Crippen molar-refractivity contribution < 1.29 is 18.0 Å². The fraction of sp³-hybridized carbons (Fsp3) is 0.182. The van der Waals surface area contributed by atoms with Crippen molar-refractivity contribution in [2.24, 2.45) is 0 Å². The van der Waals surface area contributed by atoms with Crippen LogP contribution in [0, 0.1) is 0 Å². The summed E-state index contributed by atoms with van der Waals surface area (Å²) in [5.74, 6) is 2.67. The molecule has 0 spiro atoms. The highest BCUT2D eigenvalue weighted by Gasteiger charge is 2.18. The van der Waals surface area contributed by atoms with Crippen molar-refractivity contribution in [2.45, 2.75) is 25.9 Å². The zero-order valence-electron chi connectivity index (χ0n) is 15.3. The number of amides is 1. The van der Waals surface area contributed by atoms with Gasteiger partial charge in [0.25, 0.3) is 0 Å². The molecule has 1 aromatic carbocycles. The summed E-state index contributed by atoms with van der Waals surface area (Å²) in [6, 6.07) is 17.1. The zero-order chi connectivity index (χ0) is 19.2. The Labute approximate surface area is 162 Å². The van der Waals surface area contributed by atoms with Gasteiger partial charge in [0.05, 0.1) is 31.8 Å². The summed E-state index contributed by atoms with van der Waals surface area (Å²) < 4.78 is 16.6. The van der Waals surface area contributed by atoms with Gasteiger partial charge in [0.15, 0.2) is 11.7 Å². The first-order chi connectivity index (χ1) is 13.8. The summed E-state index contributed by atoms with van der Waals surface area (Å²) in [5.41, 5.74) is 0.963. The summed E-state index contributed by atoms with van der Waals surface area (Å²) in [5, 5.41) is 0. The summed E-state index contributed by atoms with van der Waals surface area (Å²) in [4.78, 5) is 18.8. The van der Waals surface area contributed by atoms with Crippen molar-refractivity contribution in [3.05, 3.63) is 90.7 Å². The van der Waals surface area contributed by atoms with Gasteiger partial charge in [0.1, 0.15) is 11.5 Å². The molecule has 0 saturated heterocycles. The van der Waals surface area contributed by atoms with Crippen molar-refractivity contribution >= 4 is 5.91 Å². The van der Waals surface area contributed by atoms with E-state index in [1.54, 1.807) is 23.6 Å². The molecule has 1 amide bonds. The lowest BCUT2D eigenvalue weighted by atomic mass is 10.2.